The predicted octanol–water partition coefficient (Wildman–Crippen LogP) is 13.2. The fourth-order valence-electron chi connectivity index (χ4n) is 10.2. The van der Waals surface area contributed by atoms with Crippen LogP contribution in [0.4, 0.5) is 0 Å². The molecule has 1 aliphatic heterocycles. The molecule has 0 unspecified atom stereocenters. The van der Waals surface area contributed by atoms with E-state index in [1.807, 2.05) is 164 Å². The van der Waals surface area contributed by atoms with Gasteiger partial charge in [-0.1, -0.05) is 289 Å². The number of aliphatic hydroxyl groups excluding tert-OH is 1. The van der Waals surface area contributed by atoms with Gasteiger partial charge in [0.05, 0.1) is 6.10 Å². The first-order valence-corrected chi connectivity index (χ1v) is 24.6. The Morgan fingerprint density at radius 2 is 0.493 bits per heavy atom. The number of halogens is 1. The summed E-state index contributed by atoms with van der Waals surface area (Å²) in [7, 11) is 0. The summed E-state index contributed by atoms with van der Waals surface area (Å²) in [6.45, 7) is 0. The molecule has 1 aliphatic rings. The molecule has 5 nitrogen and oxygen atoms in total. The second kappa shape index (κ2) is 20.9. The number of hydrogen-bond donors (Lipinski definition) is 1. The van der Waals surface area contributed by atoms with Gasteiger partial charge in [0.25, 0.3) is 0 Å². The van der Waals surface area contributed by atoms with Gasteiger partial charge in [-0.15, -0.1) is 0 Å². The van der Waals surface area contributed by atoms with E-state index in [1.165, 1.54) is 0 Å². The summed E-state index contributed by atoms with van der Waals surface area (Å²) in [5.74, 6) is 0. The maximum atomic E-state index is 13.0. The van der Waals surface area contributed by atoms with E-state index < -0.39 is 47.5 Å². The lowest BCUT2D eigenvalue weighted by Crippen LogP contribution is -2.65. The monoisotopic (exact) mass is 968 g/mol. The topological polar surface area (TPSA) is 57.2 Å². The largest absolute Gasteiger partial charge is 0.366 e. The van der Waals surface area contributed by atoms with Gasteiger partial charge in [0.15, 0.2) is 6.29 Å². The van der Waals surface area contributed by atoms with Gasteiger partial charge in [0.1, 0.15) is 35.1 Å². The number of ether oxygens (including phenoxy) is 4. The molecule has 0 aromatic heterocycles. The van der Waals surface area contributed by atoms with E-state index in [0.29, 0.717) is 5.33 Å². The number of rotatable bonds is 16. The van der Waals surface area contributed by atoms with Gasteiger partial charge in [-0.3, -0.25) is 0 Å². The van der Waals surface area contributed by atoms with Crippen molar-refractivity contribution in [2.24, 2.45) is 0 Å². The first-order chi connectivity index (χ1) is 34.1. The van der Waals surface area contributed by atoms with E-state index in [4.69, 9.17) is 18.9 Å². The highest BCUT2D eigenvalue weighted by Gasteiger charge is 2.57. The average molecular weight is 970 g/mol. The van der Waals surface area contributed by atoms with Crippen LogP contribution in [-0.2, 0) is 35.8 Å². The van der Waals surface area contributed by atoms with E-state index >= 15 is 0 Å². The molecule has 0 radical (unpaired) electrons. The number of aliphatic hydroxyl groups is 1. The van der Waals surface area contributed by atoms with Crippen molar-refractivity contribution < 1.29 is 24.1 Å². The molecule has 0 aliphatic carbocycles. The molecule has 1 heterocycles. The second-order valence-electron chi connectivity index (χ2n) is 17.3. The molecule has 0 saturated carbocycles. The third-order valence-electron chi connectivity index (χ3n) is 13.3. The highest BCUT2D eigenvalue weighted by atomic mass is 79.9. The molecule has 10 rings (SSSR count). The highest BCUT2D eigenvalue weighted by molar-refractivity contribution is 9.09. The zero-order chi connectivity index (χ0) is 46.9. The summed E-state index contributed by atoms with van der Waals surface area (Å²) in [6.07, 6.45) is -5.48. The fraction of sp³-hybridized carbons (Fsp3) is 0.143. The van der Waals surface area contributed by atoms with Crippen molar-refractivity contribution in [1.29, 1.82) is 0 Å². The minimum absolute atomic E-state index is 0.298. The van der Waals surface area contributed by atoms with Crippen LogP contribution >= 0.6 is 15.9 Å². The van der Waals surface area contributed by atoms with Gasteiger partial charge in [-0.25, -0.2) is 0 Å². The van der Waals surface area contributed by atoms with Crippen LogP contribution < -0.4 is 0 Å². The third kappa shape index (κ3) is 8.81. The van der Waals surface area contributed by atoms with E-state index in [0.717, 1.165) is 50.1 Å². The molecular weight excluding hydrogens is 917 g/mol. The smallest absolute Gasteiger partial charge is 0.184 e. The lowest BCUT2D eigenvalue weighted by molar-refractivity contribution is -0.332. The molecule has 0 amide bonds. The van der Waals surface area contributed by atoms with Crippen LogP contribution in [0, 0.1) is 0 Å². The van der Waals surface area contributed by atoms with Gasteiger partial charge in [-0.05, 0) is 50.1 Å². The molecule has 9 aromatic rings. The maximum Gasteiger partial charge on any atom is 0.184 e. The Balaban J connectivity index is 1.29. The quantitative estimate of drug-likeness (QED) is 0.0772. The summed E-state index contributed by atoms with van der Waals surface area (Å²) in [4.78, 5) is 0. The molecule has 1 fully saturated rings. The van der Waals surface area contributed by atoms with Crippen molar-refractivity contribution in [1.82, 2.24) is 0 Å². The van der Waals surface area contributed by atoms with Crippen LogP contribution in [0.2, 0.25) is 0 Å². The molecule has 1 saturated heterocycles. The SMILES string of the molecule is O[C@H]1O[C@@H](CBr)[C@@H](OC(c2ccccc2)(c2ccccc2)c2ccccc2)[C@@H](OC(c2ccccc2)(c2ccccc2)c2ccccc2)[C@H]1OC(c1ccccc1)(c1ccccc1)c1ccccc1. The first kappa shape index (κ1) is 46.0. The Morgan fingerprint density at radius 3 is 0.696 bits per heavy atom. The van der Waals surface area contributed by atoms with Crippen LogP contribution in [0.3, 0.4) is 0 Å². The van der Waals surface area contributed by atoms with Crippen LogP contribution in [0.15, 0.2) is 273 Å². The number of benzene rings is 9. The van der Waals surface area contributed by atoms with Crippen molar-refractivity contribution in [3.05, 3.63) is 323 Å². The van der Waals surface area contributed by atoms with Gasteiger partial charge >= 0.3 is 0 Å². The van der Waals surface area contributed by atoms with Crippen LogP contribution in [0.25, 0.3) is 0 Å². The van der Waals surface area contributed by atoms with Gasteiger partial charge in [-0.2, -0.15) is 0 Å². The van der Waals surface area contributed by atoms with Crippen molar-refractivity contribution in [3.63, 3.8) is 0 Å². The molecule has 0 bridgehead atoms. The van der Waals surface area contributed by atoms with Crippen LogP contribution in [0.1, 0.15) is 50.1 Å². The minimum Gasteiger partial charge on any atom is -0.366 e. The second-order valence-corrected chi connectivity index (χ2v) is 18.0. The highest BCUT2D eigenvalue weighted by Crippen LogP contribution is 2.50. The maximum absolute atomic E-state index is 13.0. The zero-order valence-corrected chi connectivity index (χ0v) is 39.6. The van der Waals surface area contributed by atoms with Crippen molar-refractivity contribution in [2.45, 2.75) is 47.5 Å². The lowest BCUT2D eigenvalue weighted by Gasteiger charge is -2.53. The fourth-order valence-corrected chi connectivity index (χ4v) is 10.7. The molecular formula is C63H53BrO5. The third-order valence-corrected chi connectivity index (χ3v) is 14.0. The standard InChI is InChI=1S/C63H53BrO5/c64-46-56-57(67-61(47-28-10-1-11-29-47,48-30-12-2-13-31-48)49-32-14-3-15-33-49)58(68-62(50-34-16-4-17-35-50,51-36-18-5-19-37-51)52-38-20-6-21-39-52)59(60(65)66-56)69-63(53-40-22-7-23-41-53,54-42-24-8-25-43-54)55-44-26-9-27-45-55/h1-45,56-60,65H,46H2/t56-,57+,58+,59+,60-/m0/s1. The Morgan fingerprint density at radius 1 is 0.304 bits per heavy atom. The molecule has 0 spiro atoms. The summed E-state index contributed by atoms with van der Waals surface area (Å²) in [5.41, 5.74) is 4.17. The number of alkyl halides is 1. The summed E-state index contributed by atoms with van der Waals surface area (Å²) in [5, 5.41) is 13.3. The van der Waals surface area contributed by atoms with Gasteiger partial charge in [0.2, 0.25) is 0 Å². The van der Waals surface area contributed by atoms with E-state index in [-0.39, 0.29) is 0 Å². The Bertz CT molecular complexity index is 2660. The normalized spacial score (nSPS) is 18.6. The van der Waals surface area contributed by atoms with Crippen molar-refractivity contribution >= 4 is 15.9 Å². The van der Waals surface area contributed by atoms with Gasteiger partial charge < -0.3 is 24.1 Å². The summed E-state index contributed by atoms with van der Waals surface area (Å²) >= 11 is 3.88. The Kier molecular flexibility index (Phi) is 13.9. The number of hydrogen-bond acceptors (Lipinski definition) is 5. The zero-order valence-electron chi connectivity index (χ0n) is 38.0. The minimum atomic E-state index is -1.51. The Hall–Kier alpha value is -6.74. The van der Waals surface area contributed by atoms with E-state index in [1.54, 1.807) is 0 Å². The summed E-state index contributed by atoms with van der Waals surface area (Å²) < 4.78 is 31.3. The molecule has 5 atom stereocenters. The van der Waals surface area contributed by atoms with E-state index in [9.17, 15) is 5.11 Å². The van der Waals surface area contributed by atoms with Crippen LogP contribution in [-0.4, -0.2) is 41.1 Å². The predicted molar refractivity (Wildman–Crippen MR) is 277 cm³/mol. The van der Waals surface area contributed by atoms with Gasteiger partial charge in [0, 0.05) is 5.33 Å². The molecule has 1 N–H and O–H groups in total. The summed E-state index contributed by atoms with van der Waals surface area (Å²) in [6, 6.07) is 92.5. The van der Waals surface area contributed by atoms with Crippen molar-refractivity contribution in [3.8, 4) is 0 Å². The lowest BCUT2D eigenvalue weighted by atomic mass is 9.78. The van der Waals surface area contributed by atoms with Crippen LogP contribution in [0.5, 0.6) is 0 Å². The molecule has 6 heteroatoms. The average Bonchev–Trinajstić information content (AvgIpc) is 3.44. The van der Waals surface area contributed by atoms with Crippen molar-refractivity contribution in [2.75, 3.05) is 5.33 Å². The Labute approximate surface area is 413 Å². The van der Waals surface area contributed by atoms with E-state index in [2.05, 4.69) is 125 Å². The molecule has 342 valence electrons. The molecule has 9 aromatic carbocycles. The molecule has 69 heavy (non-hydrogen) atoms. The first-order valence-electron chi connectivity index (χ1n) is 23.5.